The molecule has 0 aliphatic heterocycles. The van der Waals surface area contributed by atoms with E-state index in [1.807, 2.05) is 13.0 Å². The van der Waals surface area contributed by atoms with E-state index >= 15 is 0 Å². The summed E-state index contributed by atoms with van der Waals surface area (Å²) in [6.45, 7) is 1.97. The van der Waals surface area contributed by atoms with E-state index in [-0.39, 0.29) is 13.0 Å². The van der Waals surface area contributed by atoms with E-state index in [1.165, 1.54) is 6.08 Å². The summed E-state index contributed by atoms with van der Waals surface area (Å²) in [6.07, 6.45) is 2.07. The van der Waals surface area contributed by atoms with E-state index in [2.05, 4.69) is 4.74 Å². The largest absolute Gasteiger partial charge is 0.461 e. The van der Waals surface area contributed by atoms with Crippen molar-refractivity contribution >= 4 is 5.97 Å². The van der Waals surface area contributed by atoms with Crippen molar-refractivity contribution in [2.24, 2.45) is 5.73 Å². The van der Waals surface area contributed by atoms with Crippen LogP contribution in [0.3, 0.4) is 0 Å². The Bertz CT molecular complexity index is 216. The quantitative estimate of drug-likeness (QED) is 0.380. The Labute approximate surface area is 71.6 Å². The van der Waals surface area contributed by atoms with Gasteiger partial charge in [-0.3, -0.25) is 0 Å². The summed E-state index contributed by atoms with van der Waals surface area (Å²) >= 11 is 0. The predicted octanol–water partition coefficient (Wildman–Crippen LogP) is 0.696. The molecular formula is C8H12N2O2. The minimum atomic E-state index is -0.482. The minimum absolute atomic E-state index is 0.128. The molecule has 0 aromatic rings. The fourth-order valence-corrected chi connectivity index (χ4v) is 0.492. The number of hydrogen-bond donors (Lipinski definition) is 1. The molecule has 0 radical (unpaired) electrons. The van der Waals surface area contributed by atoms with Crippen LogP contribution < -0.4 is 5.73 Å². The van der Waals surface area contributed by atoms with Crippen molar-refractivity contribution in [2.75, 3.05) is 6.61 Å². The van der Waals surface area contributed by atoms with E-state index in [0.29, 0.717) is 12.1 Å². The minimum Gasteiger partial charge on any atom is -0.461 e. The number of hydrogen-bond acceptors (Lipinski definition) is 4. The number of allylic oxidation sites excluding steroid dienone is 1. The topological polar surface area (TPSA) is 76.1 Å². The average molecular weight is 168 g/mol. The van der Waals surface area contributed by atoms with Gasteiger partial charge < -0.3 is 10.5 Å². The zero-order valence-corrected chi connectivity index (χ0v) is 7.04. The molecule has 0 aliphatic carbocycles. The van der Waals surface area contributed by atoms with Crippen molar-refractivity contribution in [3.8, 4) is 6.07 Å². The van der Waals surface area contributed by atoms with Crippen LogP contribution in [0.25, 0.3) is 0 Å². The average Bonchev–Trinajstić information content (AvgIpc) is 2.05. The standard InChI is InChI=1S/C8H12N2O2/c1-2-7(10)6-8(11)12-5-3-4-9/h6H,2-3,5,10H2,1H3. The zero-order chi connectivity index (χ0) is 9.40. The van der Waals surface area contributed by atoms with E-state index in [0.717, 1.165) is 0 Å². The maximum Gasteiger partial charge on any atom is 0.332 e. The Kier molecular flexibility index (Phi) is 5.45. The highest BCUT2D eigenvalue weighted by Crippen LogP contribution is 1.92. The summed E-state index contributed by atoms with van der Waals surface area (Å²) in [7, 11) is 0. The molecule has 66 valence electrons. The fraction of sp³-hybridized carbons (Fsp3) is 0.500. The molecule has 0 amide bonds. The third kappa shape index (κ3) is 5.30. The normalized spacial score (nSPS) is 10.5. The number of carbonyl (C=O) groups is 1. The Hall–Kier alpha value is -1.50. The lowest BCUT2D eigenvalue weighted by atomic mass is 10.3. The molecule has 0 saturated heterocycles. The molecule has 0 aromatic carbocycles. The first-order valence-electron chi connectivity index (χ1n) is 3.70. The molecule has 0 saturated carbocycles. The van der Waals surface area contributed by atoms with Gasteiger partial charge in [-0.25, -0.2) is 4.79 Å². The summed E-state index contributed by atoms with van der Waals surface area (Å²) in [6, 6.07) is 1.86. The van der Waals surface area contributed by atoms with Gasteiger partial charge in [0.05, 0.1) is 12.5 Å². The Morgan fingerprint density at radius 3 is 2.92 bits per heavy atom. The van der Waals surface area contributed by atoms with Crippen LogP contribution in [0, 0.1) is 11.3 Å². The molecule has 4 nitrogen and oxygen atoms in total. The second-order valence-electron chi connectivity index (χ2n) is 2.15. The first-order chi connectivity index (χ1) is 5.70. The van der Waals surface area contributed by atoms with Gasteiger partial charge in [0.1, 0.15) is 6.61 Å². The first kappa shape index (κ1) is 10.5. The molecule has 0 rings (SSSR count). The maximum absolute atomic E-state index is 10.8. The molecule has 0 spiro atoms. The molecule has 0 atom stereocenters. The molecule has 0 unspecified atom stereocenters. The van der Waals surface area contributed by atoms with Crippen LogP contribution in [-0.4, -0.2) is 12.6 Å². The van der Waals surface area contributed by atoms with Crippen LogP contribution in [0.1, 0.15) is 19.8 Å². The summed E-state index contributed by atoms with van der Waals surface area (Å²) in [4.78, 5) is 10.8. The van der Waals surface area contributed by atoms with Gasteiger partial charge in [0.2, 0.25) is 0 Å². The van der Waals surface area contributed by atoms with Gasteiger partial charge in [-0.1, -0.05) is 6.92 Å². The highest BCUT2D eigenvalue weighted by Gasteiger charge is 1.97. The monoisotopic (exact) mass is 168 g/mol. The fourth-order valence-electron chi connectivity index (χ4n) is 0.492. The van der Waals surface area contributed by atoms with E-state index in [9.17, 15) is 4.79 Å². The molecular weight excluding hydrogens is 156 g/mol. The number of nitriles is 1. The summed E-state index contributed by atoms with van der Waals surface area (Å²) in [5.74, 6) is -0.482. The van der Waals surface area contributed by atoms with Crippen molar-refractivity contribution in [2.45, 2.75) is 19.8 Å². The SMILES string of the molecule is CCC(N)=CC(=O)OCCC#N. The molecule has 0 fully saturated rings. The van der Waals surface area contributed by atoms with Gasteiger partial charge in [-0.15, -0.1) is 0 Å². The molecule has 0 bridgehead atoms. The second-order valence-corrected chi connectivity index (χ2v) is 2.15. The number of rotatable bonds is 4. The molecule has 0 heterocycles. The lowest BCUT2D eigenvalue weighted by molar-refractivity contribution is -0.137. The Morgan fingerprint density at radius 1 is 1.75 bits per heavy atom. The van der Waals surface area contributed by atoms with Gasteiger partial charge in [0, 0.05) is 11.8 Å². The molecule has 2 N–H and O–H groups in total. The molecule has 0 aromatic heterocycles. The number of nitrogens with two attached hydrogens (primary N) is 1. The lowest BCUT2D eigenvalue weighted by Crippen LogP contribution is -2.06. The van der Waals surface area contributed by atoms with Gasteiger partial charge >= 0.3 is 5.97 Å². The first-order valence-corrected chi connectivity index (χ1v) is 3.70. The Morgan fingerprint density at radius 2 is 2.42 bits per heavy atom. The molecule has 0 aliphatic rings. The number of nitrogens with zero attached hydrogens (tertiary/aromatic N) is 1. The third-order valence-electron chi connectivity index (χ3n) is 1.17. The van der Waals surface area contributed by atoms with Crippen LogP contribution in [0.2, 0.25) is 0 Å². The number of esters is 1. The Balaban J connectivity index is 3.68. The van der Waals surface area contributed by atoms with Gasteiger partial charge in [-0.2, -0.15) is 5.26 Å². The van der Waals surface area contributed by atoms with Crippen molar-refractivity contribution in [1.82, 2.24) is 0 Å². The van der Waals surface area contributed by atoms with E-state index < -0.39 is 5.97 Å². The molecule has 12 heavy (non-hydrogen) atoms. The number of ether oxygens (including phenoxy) is 1. The van der Waals surface area contributed by atoms with Crippen LogP contribution in [0.5, 0.6) is 0 Å². The maximum atomic E-state index is 10.8. The van der Waals surface area contributed by atoms with Gasteiger partial charge in [0.15, 0.2) is 0 Å². The highest BCUT2D eigenvalue weighted by molar-refractivity contribution is 5.82. The lowest BCUT2D eigenvalue weighted by Gasteiger charge is -1.98. The van der Waals surface area contributed by atoms with E-state index in [1.54, 1.807) is 0 Å². The van der Waals surface area contributed by atoms with Crippen molar-refractivity contribution in [3.63, 3.8) is 0 Å². The van der Waals surface area contributed by atoms with Crippen LogP contribution in [-0.2, 0) is 9.53 Å². The van der Waals surface area contributed by atoms with Crippen molar-refractivity contribution < 1.29 is 9.53 Å². The van der Waals surface area contributed by atoms with Gasteiger partial charge in [0.25, 0.3) is 0 Å². The molecule has 4 heteroatoms. The smallest absolute Gasteiger partial charge is 0.332 e. The summed E-state index contributed by atoms with van der Waals surface area (Å²) in [5.41, 5.74) is 5.86. The third-order valence-corrected chi connectivity index (χ3v) is 1.17. The summed E-state index contributed by atoms with van der Waals surface area (Å²) < 4.78 is 4.64. The van der Waals surface area contributed by atoms with Crippen molar-refractivity contribution in [1.29, 1.82) is 5.26 Å². The van der Waals surface area contributed by atoms with Gasteiger partial charge in [-0.05, 0) is 6.42 Å². The van der Waals surface area contributed by atoms with Crippen LogP contribution in [0.4, 0.5) is 0 Å². The number of carbonyl (C=O) groups excluding carboxylic acids is 1. The van der Waals surface area contributed by atoms with Crippen molar-refractivity contribution in [3.05, 3.63) is 11.8 Å². The summed E-state index contributed by atoms with van der Waals surface area (Å²) in [5, 5.41) is 8.13. The highest BCUT2D eigenvalue weighted by atomic mass is 16.5. The van der Waals surface area contributed by atoms with E-state index in [4.69, 9.17) is 11.0 Å². The van der Waals surface area contributed by atoms with Crippen LogP contribution in [0.15, 0.2) is 11.8 Å². The van der Waals surface area contributed by atoms with Crippen LogP contribution >= 0.6 is 0 Å². The zero-order valence-electron chi connectivity index (χ0n) is 7.04. The predicted molar refractivity (Wildman–Crippen MR) is 43.8 cm³/mol. The second kappa shape index (κ2) is 6.23.